The van der Waals surface area contributed by atoms with Crippen LogP contribution in [0.3, 0.4) is 0 Å². The first-order valence-electron chi connectivity index (χ1n) is 2.90. The fourth-order valence-corrected chi connectivity index (χ4v) is 0.547. The van der Waals surface area contributed by atoms with Crippen LogP contribution in [0.15, 0.2) is 0 Å². The fourth-order valence-electron chi connectivity index (χ4n) is 0.547. The standard InChI is InChI=1S/C6H9F3O/c1-4(3-5(2)10)6(7,8)9/h4H,3H2,1-2H3/t4-/m1/s1. The molecule has 0 rings (SSSR count). The highest BCUT2D eigenvalue weighted by molar-refractivity contribution is 5.75. The molecule has 0 aromatic rings. The smallest absolute Gasteiger partial charge is 0.300 e. The third kappa shape index (κ3) is 3.48. The molecule has 0 bridgehead atoms. The van der Waals surface area contributed by atoms with E-state index < -0.39 is 24.3 Å². The molecular weight excluding hydrogens is 145 g/mol. The third-order valence-electron chi connectivity index (χ3n) is 1.15. The van der Waals surface area contributed by atoms with Crippen molar-refractivity contribution in [3.05, 3.63) is 0 Å². The topological polar surface area (TPSA) is 17.1 Å². The Bertz CT molecular complexity index is 127. The molecule has 1 nitrogen and oxygen atoms in total. The Morgan fingerprint density at radius 1 is 1.50 bits per heavy atom. The first kappa shape index (κ1) is 9.46. The van der Waals surface area contributed by atoms with Crippen molar-refractivity contribution in [2.75, 3.05) is 0 Å². The van der Waals surface area contributed by atoms with E-state index in [2.05, 4.69) is 0 Å². The molecule has 0 N–H and O–H groups in total. The maximum Gasteiger partial charge on any atom is 0.391 e. The minimum atomic E-state index is -4.23. The molecule has 0 aliphatic rings. The van der Waals surface area contributed by atoms with Crippen molar-refractivity contribution in [2.45, 2.75) is 26.4 Å². The quantitative estimate of drug-likeness (QED) is 0.595. The Labute approximate surface area is 57.2 Å². The molecule has 10 heavy (non-hydrogen) atoms. The van der Waals surface area contributed by atoms with Crippen molar-refractivity contribution in [3.63, 3.8) is 0 Å². The highest BCUT2D eigenvalue weighted by Gasteiger charge is 2.36. The van der Waals surface area contributed by atoms with Crippen LogP contribution in [0.4, 0.5) is 13.2 Å². The lowest BCUT2D eigenvalue weighted by molar-refractivity contribution is -0.173. The van der Waals surface area contributed by atoms with E-state index in [1.165, 1.54) is 0 Å². The second kappa shape index (κ2) is 3.03. The number of Topliss-reactive ketones (excluding diaryl/α,β-unsaturated/α-hetero) is 1. The van der Waals surface area contributed by atoms with Gasteiger partial charge >= 0.3 is 6.18 Å². The number of ketones is 1. The molecule has 0 aromatic carbocycles. The van der Waals surface area contributed by atoms with Crippen molar-refractivity contribution in [3.8, 4) is 0 Å². The lowest BCUT2D eigenvalue weighted by Gasteiger charge is -2.12. The van der Waals surface area contributed by atoms with Crippen LogP contribution < -0.4 is 0 Å². The van der Waals surface area contributed by atoms with Gasteiger partial charge in [-0.25, -0.2) is 0 Å². The zero-order valence-corrected chi connectivity index (χ0v) is 5.83. The van der Waals surface area contributed by atoms with E-state index in [0.717, 1.165) is 13.8 Å². The molecule has 0 saturated heterocycles. The monoisotopic (exact) mass is 154 g/mol. The number of carbonyl (C=O) groups is 1. The van der Waals surface area contributed by atoms with Gasteiger partial charge < -0.3 is 4.79 Å². The molecule has 0 fully saturated rings. The average molecular weight is 154 g/mol. The van der Waals surface area contributed by atoms with Gasteiger partial charge in [0.1, 0.15) is 5.78 Å². The molecule has 0 saturated carbocycles. The zero-order chi connectivity index (χ0) is 8.36. The molecule has 0 amide bonds. The predicted octanol–water partition coefficient (Wildman–Crippen LogP) is 2.16. The molecule has 4 heteroatoms. The molecule has 0 aliphatic heterocycles. The summed E-state index contributed by atoms with van der Waals surface area (Å²) in [6.07, 6.45) is -4.64. The summed E-state index contributed by atoms with van der Waals surface area (Å²) in [6, 6.07) is 0. The average Bonchev–Trinajstić information content (AvgIpc) is 1.60. The number of carbonyl (C=O) groups excluding carboxylic acids is 1. The summed E-state index contributed by atoms with van der Waals surface area (Å²) in [7, 11) is 0. The summed E-state index contributed by atoms with van der Waals surface area (Å²) >= 11 is 0. The van der Waals surface area contributed by atoms with Gasteiger partial charge in [-0.1, -0.05) is 6.92 Å². The van der Waals surface area contributed by atoms with E-state index in [0.29, 0.717) is 0 Å². The Hall–Kier alpha value is -0.540. The van der Waals surface area contributed by atoms with Crippen molar-refractivity contribution < 1.29 is 18.0 Å². The van der Waals surface area contributed by atoms with Crippen molar-refractivity contribution in [1.29, 1.82) is 0 Å². The second-order valence-corrected chi connectivity index (χ2v) is 2.35. The van der Waals surface area contributed by atoms with Crippen molar-refractivity contribution in [1.82, 2.24) is 0 Å². The van der Waals surface area contributed by atoms with Crippen LogP contribution in [-0.2, 0) is 4.79 Å². The van der Waals surface area contributed by atoms with Gasteiger partial charge in [0.15, 0.2) is 0 Å². The van der Waals surface area contributed by atoms with Crippen LogP contribution in [0.2, 0.25) is 0 Å². The van der Waals surface area contributed by atoms with Crippen LogP contribution in [0.25, 0.3) is 0 Å². The van der Waals surface area contributed by atoms with Gasteiger partial charge in [0.25, 0.3) is 0 Å². The molecule has 0 spiro atoms. The van der Waals surface area contributed by atoms with Crippen molar-refractivity contribution >= 4 is 5.78 Å². The summed E-state index contributed by atoms with van der Waals surface area (Å²) in [5.74, 6) is -1.94. The molecule has 0 aromatic heterocycles. The Morgan fingerprint density at radius 3 is 2.00 bits per heavy atom. The first-order chi connectivity index (χ1) is 4.34. The largest absolute Gasteiger partial charge is 0.391 e. The molecule has 0 aliphatic carbocycles. The van der Waals surface area contributed by atoms with Crippen LogP contribution >= 0.6 is 0 Å². The van der Waals surface area contributed by atoms with E-state index in [1.807, 2.05) is 0 Å². The fraction of sp³-hybridized carbons (Fsp3) is 0.833. The van der Waals surface area contributed by atoms with E-state index in [1.54, 1.807) is 0 Å². The van der Waals surface area contributed by atoms with Gasteiger partial charge in [-0.3, -0.25) is 0 Å². The number of rotatable bonds is 2. The lowest BCUT2D eigenvalue weighted by atomic mass is 10.1. The van der Waals surface area contributed by atoms with Gasteiger partial charge in [0.2, 0.25) is 0 Å². The number of hydrogen-bond donors (Lipinski definition) is 0. The van der Waals surface area contributed by atoms with Crippen molar-refractivity contribution in [2.24, 2.45) is 5.92 Å². The van der Waals surface area contributed by atoms with Crippen LogP contribution in [0.5, 0.6) is 0 Å². The summed E-state index contributed by atoms with van der Waals surface area (Å²) in [5, 5.41) is 0. The summed E-state index contributed by atoms with van der Waals surface area (Å²) in [4.78, 5) is 10.2. The van der Waals surface area contributed by atoms with Gasteiger partial charge in [0, 0.05) is 6.42 Å². The van der Waals surface area contributed by atoms with Gasteiger partial charge in [0.05, 0.1) is 5.92 Å². The minimum Gasteiger partial charge on any atom is -0.300 e. The third-order valence-corrected chi connectivity index (χ3v) is 1.15. The van der Waals surface area contributed by atoms with E-state index in [-0.39, 0.29) is 0 Å². The maximum atomic E-state index is 11.7. The normalized spacial score (nSPS) is 14.9. The number of alkyl halides is 3. The summed E-state index contributed by atoms with van der Waals surface area (Å²) < 4.78 is 35.0. The molecule has 0 heterocycles. The first-order valence-corrected chi connectivity index (χ1v) is 2.90. The molecule has 0 radical (unpaired) electrons. The summed E-state index contributed by atoms with van der Waals surface area (Å²) in [6.45, 7) is 2.16. The Kier molecular flexibility index (Phi) is 2.87. The van der Waals surface area contributed by atoms with E-state index in [4.69, 9.17) is 0 Å². The molecule has 60 valence electrons. The lowest BCUT2D eigenvalue weighted by Crippen LogP contribution is -2.21. The van der Waals surface area contributed by atoms with Crippen LogP contribution in [0.1, 0.15) is 20.3 Å². The zero-order valence-electron chi connectivity index (χ0n) is 5.83. The highest BCUT2D eigenvalue weighted by atomic mass is 19.4. The number of halogens is 3. The summed E-state index contributed by atoms with van der Waals surface area (Å²) in [5.41, 5.74) is 0. The Morgan fingerprint density at radius 2 is 1.90 bits per heavy atom. The Balaban J connectivity index is 3.85. The van der Waals surface area contributed by atoms with Crippen LogP contribution in [-0.4, -0.2) is 12.0 Å². The molecule has 1 atom stereocenters. The second-order valence-electron chi connectivity index (χ2n) is 2.35. The maximum absolute atomic E-state index is 11.7. The van der Waals surface area contributed by atoms with E-state index >= 15 is 0 Å². The van der Waals surface area contributed by atoms with E-state index in [9.17, 15) is 18.0 Å². The van der Waals surface area contributed by atoms with Gasteiger partial charge in [-0.2, -0.15) is 13.2 Å². The van der Waals surface area contributed by atoms with Gasteiger partial charge in [-0.05, 0) is 6.92 Å². The minimum absolute atomic E-state index is 0.413. The predicted molar refractivity (Wildman–Crippen MR) is 30.5 cm³/mol. The van der Waals surface area contributed by atoms with Gasteiger partial charge in [-0.15, -0.1) is 0 Å². The molecule has 0 unspecified atom stereocenters. The number of hydrogen-bond acceptors (Lipinski definition) is 1. The highest BCUT2D eigenvalue weighted by Crippen LogP contribution is 2.27. The van der Waals surface area contributed by atoms with Crippen LogP contribution in [0, 0.1) is 5.92 Å². The molecular formula is C6H9F3O. The SMILES string of the molecule is CC(=O)C[C@@H](C)C(F)(F)F.